The fourth-order valence-corrected chi connectivity index (χ4v) is 2.41. The molecule has 0 heterocycles. The van der Waals surface area contributed by atoms with E-state index in [9.17, 15) is 5.11 Å². The standard InChI is InChI=1S/C12H15BrO/c1-11(2,14)12(7-8-12)9-3-5-10(13)6-4-9/h3-6,14H,7-8H2,1-2H3. The first-order chi connectivity index (χ1) is 6.46. The highest BCUT2D eigenvalue weighted by Crippen LogP contribution is 2.55. The molecule has 1 saturated carbocycles. The molecule has 0 aromatic heterocycles. The SMILES string of the molecule is CC(C)(O)C1(c2ccc(Br)cc2)CC1. The van der Waals surface area contributed by atoms with Gasteiger partial charge in [-0.05, 0) is 44.4 Å². The molecule has 0 amide bonds. The Balaban J connectivity index is 2.36. The summed E-state index contributed by atoms with van der Waals surface area (Å²) in [5.74, 6) is 0. The molecular formula is C12H15BrO. The van der Waals surface area contributed by atoms with Crippen molar-refractivity contribution >= 4 is 15.9 Å². The van der Waals surface area contributed by atoms with Crippen LogP contribution in [0.1, 0.15) is 32.3 Å². The van der Waals surface area contributed by atoms with E-state index in [1.807, 2.05) is 26.0 Å². The summed E-state index contributed by atoms with van der Waals surface area (Å²) in [6.45, 7) is 3.81. The Labute approximate surface area is 93.3 Å². The van der Waals surface area contributed by atoms with Gasteiger partial charge in [-0.15, -0.1) is 0 Å². The second-order valence-corrected chi connectivity index (χ2v) is 5.56. The maximum atomic E-state index is 10.1. The third-order valence-electron chi connectivity index (χ3n) is 3.32. The Morgan fingerprint density at radius 1 is 1.21 bits per heavy atom. The third-order valence-corrected chi connectivity index (χ3v) is 3.85. The second-order valence-electron chi connectivity index (χ2n) is 4.65. The van der Waals surface area contributed by atoms with E-state index >= 15 is 0 Å². The molecule has 1 aliphatic rings. The van der Waals surface area contributed by atoms with Crippen molar-refractivity contribution in [2.45, 2.75) is 37.7 Å². The molecule has 2 heteroatoms. The van der Waals surface area contributed by atoms with Gasteiger partial charge in [-0.2, -0.15) is 0 Å². The zero-order chi connectivity index (χ0) is 10.4. The first kappa shape index (κ1) is 10.2. The van der Waals surface area contributed by atoms with Gasteiger partial charge >= 0.3 is 0 Å². The molecule has 1 nitrogen and oxygen atoms in total. The summed E-state index contributed by atoms with van der Waals surface area (Å²) in [5.41, 5.74) is 0.655. The van der Waals surface area contributed by atoms with E-state index in [2.05, 4.69) is 28.1 Å². The van der Waals surface area contributed by atoms with Crippen LogP contribution in [0.4, 0.5) is 0 Å². The van der Waals surface area contributed by atoms with Gasteiger partial charge in [0.2, 0.25) is 0 Å². The molecule has 1 aromatic carbocycles. The number of aliphatic hydroxyl groups is 1. The number of benzene rings is 1. The lowest BCUT2D eigenvalue weighted by Gasteiger charge is -2.29. The Bertz CT molecular complexity index is 330. The van der Waals surface area contributed by atoms with Gasteiger partial charge in [0, 0.05) is 9.89 Å². The molecule has 1 N–H and O–H groups in total. The van der Waals surface area contributed by atoms with Crippen LogP contribution in [0.3, 0.4) is 0 Å². The highest BCUT2D eigenvalue weighted by atomic mass is 79.9. The second kappa shape index (κ2) is 3.07. The van der Waals surface area contributed by atoms with Crippen LogP contribution in [0.15, 0.2) is 28.7 Å². The molecule has 0 radical (unpaired) electrons. The van der Waals surface area contributed by atoms with Crippen molar-refractivity contribution in [1.82, 2.24) is 0 Å². The van der Waals surface area contributed by atoms with Crippen LogP contribution in [-0.2, 0) is 5.41 Å². The summed E-state index contributed by atoms with van der Waals surface area (Å²) in [6.07, 6.45) is 2.19. The lowest BCUT2D eigenvalue weighted by Crippen LogP contribution is -2.35. The first-order valence-electron chi connectivity index (χ1n) is 4.94. The molecular weight excluding hydrogens is 240 g/mol. The smallest absolute Gasteiger partial charge is 0.0687 e. The van der Waals surface area contributed by atoms with Crippen molar-refractivity contribution in [2.75, 3.05) is 0 Å². The van der Waals surface area contributed by atoms with Crippen molar-refractivity contribution in [3.8, 4) is 0 Å². The van der Waals surface area contributed by atoms with Gasteiger partial charge in [0.05, 0.1) is 5.60 Å². The van der Waals surface area contributed by atoms with E-state index in [1.165, 1.54) is 5.56 Å². The van der Waals surface area contributed by atoms with Gasteiger partial charge in [0.15, 0.2) is 0 Å². The molecule has 1 fully saturated rings. The molecule has 0 atom stereocenters. The molecule has 0 saturated heterocycles. The van der Waals surface area contributed by atoms with E-state index in [1.54, 1.807) is 0 Å². The lowest BCUT2D eigenvalue weighted by atomic mass is 9.81. The summed E-state index contributed by atoms with van der Waals surface area (Å²) in [6, 6.07) is 8.30. The average Bonchev–Trinajstić information content (AvgIpc) is 2.84. The predicted molar refractivity (Wildman–Crippen MR) is 61.4 cm³/mol. The molecule has 0 spiro atoms. The van der Waals surface area contributed by atoms with Gasteiger partial charge in [-0.3, -0.25) is 0 Å². The van der Waals surface area contributed by atoms with Crippen molar-refractivity contribution in [3.05, 3.63) is 34.3 Å². The number of hydrogen-bond acceptors (Lipinski definition) is 1. The van der Waals surface area contributed by atoms with Crippen LogP contribution in [0, 0.1) is 0 Å². The normalized spacial score (nSPS) is 19.4. The minimum absolute atomic E-state index is 0.00764. The van der Waals surface area contributed by atoms with Crippen LogP contribution >= 0.6 is 15.9 Å². The zero-order valence-corrected chi connectivity index (χ0v) is 10.1. The number of rotatable bonds is 2. The van der Waals surface area contributed by atoms with Gasteiger partial charge < -0.3 is 5.11 Å². The van der Waals surface area contributed by atoms with Crippen LogP contribution in [0.25, 0.3) is 0 Å². The average molecular weight is 255 g/mol. The van der Waals surface area contributed by atoms with E-state index < -0.39 is 5.60 Å². The summed E-state index contributed by atoms with van der Waals surface area (Å²) in [5, 5.41) is 10.1. The number of halogens is 1. The highest BCUT2D eigenvalue weighted by Gasteiger charge is 2.54. The van der Waals surface area contributed by atoms with Gasteiger partial charge in [0.25, 0.3) is 0 Å². The van der Waals surface area contributed by atoms with Crippen LogP contribution in [0.5, 0.6) is 0 Å². The van der Waals surface area contributed by atoms with E-state index in [4.69, 9.17) is 0 Å². The summed E-state index contributed by atoms with van der Waals surface area (Å²) < 4.78 is 1.09. The molecule has 76 valence electrons. The zero-order valence-electron chi connectivity index (χ0n) is 8.55. The van der Waals surface area contributed by atoms with E-state index in [0.29, 0.717) is 0 Å². The maximum Gasteiger partial charge on any atom is 0.0687 e. The Morgan fingerprint density at radius 3 is 2.07 bits per heavy atom. The molecule has 0 bridgehead atoms. The monoisotopic (exact) mass is 254 g/mol. The third kappa shape index (κ3) is 1.51. The van der Waals surface area contributed by atoms with Crippen molar-refractivity contribution in [2.24, 2.45) is 0 Å². The fourth-order valence-electron chi connectivity index (χ4n) is 2.15. The Morgan fingerprint density at radius 2 is 1.71 bits per heavy atom. The van der Waals surface area contributed by atoms with Crippen LogP contribution in [0.2, 0.25) is 0 Å². The first-order valence-corrected chi connectivity index (χ1v) is 5.73. The molecule has 14 heavy (non-hydrogen) atoms. The van der Waals surface area contributed by atoms with E-state index in [0.717, 1.165) is 17.3 Å². The molecule has 0 aliphatic heterocycles. The summed E-state index contributed by atoms with van der Waals surface area (Å²) in [4.78, 5) is 0. The van der Waals surface area contributed by atoms with E-state index in [-0.39, 0.29) is 5.41 Å². The highest BCUT2D eigenvalue weighted by molar-refractivity contribution is 9.10. The Hall–Kier alpha value is -0.340. The maximum absolute atomic E-state index is 10.1. The Kier molecular flexibility index (Phi) is 2.24. The molecule has 2 rings (SSSR count). The van der Waals surface area contributed by atoms with Gasteiger partial charge in [-0.25, -0.2) is 0 Å². The molecule has 1 aromatic rings. The van der Waals surface area contributed by atoms with Gasteiger partial charge in [0.1, 0.15) is 0 Å². The quantitative estimate of drug-likeness (QED) is 0.860. The van der Waals surface area contributed by atoms with Gasteiger partial charge in [-0.1, -0.05) is 28.1 Å². The molecule has 1 aliphatic carbocycles. The van der Waals surface area contributed by atoms with Crippen molar-refractivity contribution in [3.63, 3.8) is 0 Å². The van der Waals surface area contributed by atoms with Crippen molar-refractivity contribution in [1.29, 1.82) is 0 Å². The minimum atomic E-state index is -0.610. The predicted octanol–water partition coefficient (Wildman–Crippen LogP) is 3.25. The lowest BCUT2D eigenvalue weighted by molar-refractivity contribution is 0.0381. The van der Waals surface area contributed by atoms with Crippen molar-refractivity contribution < 1.29 is 5.11 Å². The number of hydrogen-bond donors (Lipinski definition) is 1. The summed E-state index contributed by atoms with van der Waals surface area (Å²) in [7, 11) is 0. The minimum Gasteiger partial charge on any atom is -0.390 e. The van der Waals surface area contributed by atoms with Crippen LogP contribution < -0.4 is 0 Å². The largest absolute Gasteiger partial charge is 0.390 e. The molecule has 0 unspecified atom stereocenters. The topological polar surface area (TPSA) is 20.2 Å². The summed E-state index contributed by atoms with van der Waals surface area (Å²) >= 11 is 3.42. The van der Waals surface area contributed by atoms with Crippen LogP contribution in [-0.4, -0.2) is 10.7 Å². The fraction of sp³-hybridized carbons (Fsp3) is 0.500.